The summed E-state index contributed by atoms with van der Waals surface area (Å²) < 4.78 is 5.31. The van der Waals surface area contributed by atoms with Crippen molar-refractivity contribution >= 4 is 11.9 Å². The van der Waals surface area contributed by atoms with Gasteiger partial charge in [-0.15, -0.1) is 0 Å². The molecule has 0 bridgehead atoms. The summed E-state index contributed by atoms with van der Waals surface area (Å²) in [6.07, 6.45) is 0. The van der Waals surface area contributed by atoms with Crippen LogP contribution in [0.15, 0.2) is 30.3 Å². The van der Waals surface area contributed by atoms with Crippen LogP contribution < -0.4 is 11.5 Å². The summed E-state index contributed by atoms with van der Waals surface area (Å²) in [5.41, 5.74) is 11.5. The Morgan fingerprint density at radius 1 is 1.33 bits per heavy atom. The highest BCUT2D eigenvalue weighted by atomic mass is 16.5. The maximum atomic E-state index is 11.5. The van der Waals surface area contributed by atoms with Crippen molar-refractivity contribution in [2.45, 2.75) is 12.6 Å². The monoisotopic (exact) mass is 251 g/mol. The van der Waals surface area contributed by atoms with Crippen molar-refractivity contribution in [2.24, 2.45) is 11.5 Å². The summed E-state index contributed by atoms with van der Waals surface area (Å²) in [6.45, 7) is 0.396. The van der Waals surface area contributed by atoms with Gasteiger partial charge in [0.15, 0.2) is 0 Å². The molecule has 0 aliphatic rings. The zero-order chi connectivity index (χ0) is 13.5. The van der Waals surface area contributed by atoms with Crippen LogP contribution in [-0.4, -0.2) is 36.5 Å². The van der Waals surface area contributed by atoms with E-state index in [0.29, 0.717) is 6.61 Å². The van der Waals surface area contributed by atoms with E-state index in [1.54, 1.807) is 0 Å². The maximum absolute atomic E-state index is 11.5. The Morgan fingerprint density at radius 2 is 1.94 bits per heavy atom. The number of amides is 3. The molecule has 98 valence electrons. The molecule has 1 unspecified atom stereocenters. The maximum Gasteiger partial charge on any atom is 0.321 e. The van der Waals surface area contributed by atoms with Crippen molar-refractivity contribution < 1.29 is 14.3 Å². The molecule has 0 aromatic heterocycles. The third kappa shape index (κ3) is 4.15. The minimum atomic E-state index is -0.897. The van der Waals surface area contributed by atoms with Crippen molar-refractivity contribution in [3.8, 4) is 0 Å². The molecule has 0 fully saturated rings. The van der Waals surface area contributed by atoms with Crippen LogP contribution in [0.3, 0.4) is 0 Å². The van der Waals surface area contributed by atoms with Gasteiger partial charge in [-0.1, -0.05) is 30.3 Å². The van der Waals surface area contributed by atoms with Crippen LogP contribution >= 0.6 is 0 Å². The SMILES string of the molecule is CN(C(N)=O)C(=O)C(N)COCc1ccccc1. The molecule has 4 N–H and O–H groups in total. The lowest BCUT2D eigenvalue weighted by atomic mass is 10.2. The van der Waals surface area contributed by atoms with Crippen LogP contribution in [0.5, 0.6) is 0 Å². The first kappa shape index (κ1) is 14.1. The smallest absolute Gasteiger partial charge is 0.321 e. The Kier molecular flexibility index (Phi) is 5.29. The van der Waals surface area contributed by atoms with Gasteiger partial charge in [-0.25, -0.2) is 4.79 Å². The fourth-order valence-corrected chi connectivity index (χ4v) is 1.31. The average Bonchev–Trinajstić information content (AvgIpc) is 2.38. The number of nitrogens with two attached hydrogens (primary N) is 2. The first-order chi connectivity index (χ1) is 8.52. The molecule has 6 heteroatoms. The van der Waals surface area contributed by atoms with Crippen LogP contribution in [0, 0.1) is 0 Å². The number of hydrogen-bond acceptors (Lipinski definition) is 4. The van der Waals surface area contributed by atoms with Crippen LogP contribution in [-0.2, 0) is 16.1 Å². The van der Waals surface area contributed by atoms with Gasteiger partial charge in [-0.2, -0.15) is 0 Å². The number of imide groups is 1. The second-order valence-electron chi connectivity index (χ2n) is 3.84. The molecule has 3 amide bonds. The van der Waals surface area contributed by atoms with Crippen molar-refractivity contribution in [1.82, 2.24) is 4.90 Å². The van der Waals surface area contributed by atoms with Gasteiger partial charge in [0, 0.05) is 7.05 Å². The van der Waals surface area contributed by atoms with E-state index in [-0.39, 0.29) is 6.61 Å². The standard InChI is InChI=1S/C12H17N3O3/c1-15(12(14)17)11(16)10(13)8-18-7-9-5-3-2-4-6-9/h2-6,10H,7-8,13H2,1H3,(H2,14,17). The number of hydrogen-bond donors (Lipinski definition) is 2. The van der Waals surface area contributed by atoms with E-state index in [0.717, 1.165) is 10.5 Å². The summed E-state index contributed by atoms with van der Waals surface area (Å²) in [5, 5.41) is 0. The predicted molar refractivity (Wildman–Crippen MR) is 66.4 cm³/mol. The van der Waals surface area contributed by atoms with E-state index in [4.69, 9.17) is 16.2 Å². The van der Waals surface area contributed by atoms with Gasteiger partial charge in [-0.3, -0.25) is 9.69 Å². The molecule has 6 nitrogen and oxygen atoms in total. The molecule has 0 aliphatic heterocycles. The molecule has 0 saturated carbocycles. The number of urea groups is 1. The Morgan fingerprint density at radius 3 is 2.50 bits per heavy atom. The summed E-state index contributed by atoms with van der Waals surface area (Å²) >= 11 is 0. The quantitative estimate of drug-likeness (QED) is 0.773. The zero-order valence-corrected chi connectivity index (χ0v) is 10.2. The molecule has 0 heterocycles. The second-order valence-corrected chi connectivity index (χ2v) is 3.84. The number of rotatable bonds is 5. The lowest BCUT2D eigenvalue weighted by Gasteiger charge is -2.17. The van der Waals surface area contributed by atoms with E-state index >= 15 is 0 Å². The minimum Gasteiger partial charge on any atom is -0.375 e. The van der Waals surface area contributed by atoms with E-state index in [2.05, 4.69) is 0 Å². The normalized spacial score (nSPS) is 11.9. The first-order valence-corrected chi connectivity index (χ1v) is 5.46. The zero-order valence-electron chi connectivity index (χ0n) is 10.2. The molecule has 0 radical (unpaired) electrons. The molecule has 0 saturated heterocycles. The average molecular weight is 251 g/mol. The van der Waals surface area contributed by atoms with Gasteiger partial charge >= 0.3 is 6.03 Å². The van der Waals surface area contributed by atoms with Gasteiger partial charge < -0.3 is 16.2 Å². The topological polar surface area (TPSA) is 98.7 Å². The van der Waals surface area contributed by atoms with Crippen LogP contribution in [0.2, 0.25) is 0 Å². The fourth-order valence-electron chi connectivity index (χ4n) is 1.31. The van der Waals surface area contributed by atoms with Gasteiger partial charge in [0.25, 0.3) is 0 Å². The van der Waals surface area contributed by atoms with Crippen LogP contribution in [0.25, 0.3) is 0 Å². The van der Waals surface area contributed by atoms with Gasteiger partial charge in [0.2, 0.25) is 5.91 Å². The largest absolute Gasteiger partial charge is 0.375 e. The molecule has 0 aliphatic carbocycles. The van der Waals surface area contributed by atoms with Gasteiger partial charge in [0.05, 0.1) is 13.2 Å². The Labute approximate surface area is 105 Å². The Hall–Kier alpha value is -1.92. The summed E-state index contributed by atoms with van der Waals surface area (Å²) in [6, 6.07) is 7.77. The third-order valence-electron chi connectivity index (χ3n) is 2.39. The first-order valence-electron chi connectivity index (χ1n) is 5.46. The fraction of sp³-hybridized carbons (Fsp3) is 0.333. The van der Waals surface area contributed by atoms with E-state index in [1.807, 2.05) is 30.3 Å². The summed E-state index contributed by atoms with van der Waals surface area (Å²) in [4.78, 5) is 23.1. The molecule has 1 atom stereocenters. The van der Waals surface area contributed by atoms with Crippen molar-refractivity contribution in [3.05, 3.63) is 35.9 Å². The molecular weight excluding hydrogens is 234 g/mol. The molecule has 1 rings (SSSR count). The Balaban J connectivity index is 2.35. The third-order valence-corrected chi connectivity index (χ3v) is 2.39. The highest BCUT2D eigenvalue weighted by Crippen LogP contribution is 2.01. The molecule has 0 spiro atoms. The van der Waals surface area contributed by atoms with Crippen molar-refractivity contribution in [3.63, 3.8) is 0 Å². The van der Waals surface area contributed by atoms with Crippen molar-refractivity contribution in [2.75, 3.05) is 13.7 Å². The number of nitrogens with zero attached hydrogens (tertiary/aromatic N) is 1. The van der Waals surface area contributed by atoms with E-state index in [1.165, 1.54) is 7.05 Å². The number of likely N-dealkylation sites (N-methyl/N-ethyl adjacent to an activating group) is 1. The van der Waals surface area contributed by atoms with Gasteiger partial charge in [-0.05, 0) is 5.56 Å². The molecule has 1 aromatic carbocycles. The highest BCUT2D eigenvalue weighted by molar-refractivity contribution is 5.96. The second kappa shape index (κ2) is 6.73. The number of primary amides is 1. The van der Waals surface area contributed by atoms with Crippen molar-refractivity contribution in [1.29, 1.82) is 0 Å². The van der Waals surface area contributed by atoms with E-state index < -0.39 is 18.0 Å². The molecule has 18 heavy (non-hydrogen) atoms. The lowest BCUT2D eigenvalue weighted by molar-refractivity contribution is -0.130. The lowest BCUT2D eigenvalue weighted by Crippen LogP contribution is -2.48. The Bertz CT molecular complexity index is 408. The van der Waals surface area contributed by atoms with Crippen LogP contribution in [0.1, 0.15) is 5.56 Å². The highest BCUT2D eigenvalue weighted by Gasteiger charge is 2.21. The number of carbonyl (C=O) groups is 2. The minimum absolute atomic E-state index is 0.0331. The van der Waals surface area contributed by atoms with Crippen LogP contribution in [0.4, 0.5) is 4.79 Å². The van der Waals surface area contributed by atoms with E-state index in [9.17, 15) is 9.59 Å². The predicted octanol–water partition coefficient (Wildman–Crippen LogP) is 0.0676. The molecule has 1 aromatic rings. The number of benzene rings is 1. The van der Waals surface area contributed by atoms with Gasteiger partial charge in [0.1, 0.15) is 6.04 Å². The molecular formula is C12H17N3O3. The number of ether oxygens (including phenoxy) is 1. The summed E-state index contributed by atoms with van der Waals surface area (Å²) in [5.74, 6) is -0.560. The number of carbonyl (C=O) groups excluding carboxylic acids is 2. The summed E-state index contributed by atoms with van der Waals surface area (Å²) in [7, 11) is 1.28.